The number of carbonyl (C=O) groups is 1. The molecule has 1 fully saturated rings. The summed E-state index contributed by atoms with van der Waals surface area (Å²) < 4.78 is 14.3. The van der Waals surface area contributed by atoms with Crippen LogP contribution in [0.1, 0.15) is 30.1 Å². The summed E-state index contributed by atoms with van der Waals surface area (Å²) in [5.41, 5.74) is 0.0732. The average molecular weight is 294 g/mol. The predicted molar refractivity (Wildman–Crippen MR) is 81.0 cm³/mol. The number of nitrogens with one attached hydrogen (secondary N) is 1. The van der Waals surface area contributed by atoms with E-state index in [0.717, 1.165) is 19.4 Å². The van der Waals surface area contributed by atoms with E-state index >= 15 is 0 Å². The lowest BCUT2D eigenvalue weighted by atomic mass is 10.1. The van der Waals surface area contributed by atoms with Crippen LogP contribution in [0.15, 0.2) is 12.3 Å². The van der Waals surface area contributed by atoms with E-state index in [1.54, 1.807) is 11.9 Å². The second kappa shape index (κ2) is 6.85. The van der Waals surface area contributed by atoms with Gasteiger partial charge in [0.15, 0.2) is 11.6 Å². The third-order valence-corrected chi connectivity index (χ3v) is 3.97. The van der Waals surface area contributed by atoms with Crippen LogP contribution in [0.25, 0.3) is 0 Å². The molecule has 0 aromatic carbocycles. The number of hydrogen-bond acceptors (Lipinski definition) is 4. The quantitative estimate of drug-likeness (QED) is 0.900. The first-order chi connectivity index (χ1) is 10.0. The third kappa shape index (κ3) is 3.50. The van der Waals surface area contributed by atoms with Crippen molar-refractivity contribution in [2.75, 3.05) is 39.0 Å². The molecule has 5 nitrogen and oxygen atoms in total. The predicted octanol–water partition coefficient (Wildman–Crippen LogP) is 1.82. The number of halogens is 1. The zero-order valence-electron chi connectivity index (χ0n) is 12.9. The molecular formula is C15H23FN4O. The van der Waals surface area contributed by atoms with Crippen LogP contribution in [-0.2, 0) is 0 Å². The highest BCUT2D eigenvalue weighted by atomic mass is 19.1. The third-order valence-electron chi connectivity index (χ3n) is 3.97. The first-order valence-corrected chi connectivity index (χ1v) is 7.38. The fraction of sp³-hybridized carbons (Fsp3) is 0.600. The van der Waals surface area contributed by atoms with E-state index in [1.165, 1.54) is 12.3 Å². The Morgan fingerprint density at radius 3 is 3.00 bits per heavy atom. The molecular weight excluding hydrogens is 271 g/mol. The molecule has 1 unspecified atom stereocenters. The van der Waals surface area contributed by atoms with Gasteiger partial charge in [-0.3, -0.25) is 4.79 Å². The van der Waals surface area contributed by atoms with Crippen molar-refractivity contribution in [2.45, 2.75) is 25.8 Å². The number of likely N-dealkylation sites (N-methyl/N-ethyl adjacent to an activating group) is 2. The Kier molecular flexibility index (Phi) is 5.12. The highest BCUT2D eigenvalue weighted by Crippen LogP contribution is 2.19. The van der Waals surface area contributed by atoms with Crippen LogP contribution >= 0.6 is 0 Å². The van der Waals surface area contributed by atoms with E-state index in [9.17, 15) is 9.18 Å². The second-order valence-electron chi connectivity index (χ2n) is 5.51. The van der Waals surface area contributed by atoms with Crippen LogP contribution < -0.4 is 5.32 Å². The first-order valence-electron chi connectivity index (χ1n) is 7.38. The Labute approximate surface area is 125 Å². The van der Waals surface area contributed by atoms with Gasteiger partial charge in [0.05, 0.1) is 5.56 Å². The largest absolute Gasteiger partial charge is 0.368 e. The van der Waals surface area contributed by atoms with Gasteiger partial charge < -0.3 is 15.1 Å². The summed E-state index contributed by atoms with van der Waals surface area (Å²) >= 11 is 0. The molecule has 0 radical (unpaired) electrons. The van der Waals surface area contributed by atoms with E-state index in [1.807, 2.05) is 6.92 Å². The van der Waals surface area contributed by atoms with Crippen molar-refractivity contribution >= 4 is 11.7 Å². The van der Waals surface area contributed by atoms with Gasteiger partial charge in [-0.15, -0.1) is 0 Å². The fourth-order valence-electron chi connectivity index (χ4n) is 2.71. The van der Waals surface area contributed by atoms with Gasteiger partial charge in [-0.05, 0) is 39.4 Å². The average Bonchev–Trinajstić information content (AvgIpc) is 2.86. The number of rotatable bonds is 5. The molecule has 0 aliphatic carbocycles. The molecule has 116 valence electrons. The zero-order valence-corrected chi connectivity index (χ0v) is 12.9. The molecule has 1 N–H and O–H groups in total. The van der Waals surface area contributed by atoms with Gasteiger partial charge >= 0.3 is 0 Å². The van der Waals surface area contributed by atoms with Crippen LogP contribution in [-0.4, -0.2) is 60.5 Å². The maximum Gasteiger partial charge on any atom is 0.256 e. The molecule has 1 aliphatic rings. The van der Waals surface area contributed by atoms with Crippen molar-refractivity contribution in [2.24, 2.45) is 0 Å². The van der Waals surface area contributed by atoms with Crippen LogP contribution in [0.4, 0.5) is 10.2 Å². The summed E-state index contributed by atoms with van der Waals surface area (Å²) in [6.45, 7) is 4.09. The summed E-state index contributed by atoms with van der Waals surface area (Å²) in [5.74, 6) is -0.736. The Bertz CT molecular complexity index is 508. The highest BCUT2D eigenvalue weighted by molar-refractivity contribution is 5.95. The molecule has 6 heteroatoms. The SMILES string of the molecule is CCNc1nccc(C(=O)N(C)CC2CCCN2C)c1F. The maximum absolute atomic E-state index is 14.3. The molecule has 2 heterocycles. The van der Waals surface area contributed by atoms with Crippen molar-refractivity contribution < 1.29 is 9.18 Å². The van der Waals surface area contributed by atoms with Gasteiger partial charge in [0.2, 0.25) is 0 Å². The standard InChI is InChI=1S/C15H23FN4O/c1-4-17-14-13(16)12(7-8-18-14)15(21)20(3)10-11-6-5-9-19(11)2/h7-8,11H,4-6,9-10H2,1-3H3,(H,17,18). The number of nitrogens with zero attached hydrogens (tertiary/aromatic N) is 3. The molecule has 1 saturated heterocycles. The van der Waals surface area contributed by atoms with E-state index in [2.05, 4.69) is 22.2 Å². The summed E-state index contributed by atoms with van der Waals surface area (Å²) in [6, 6.07) is 1.80. The van der Waals surface area contributed by atoms with E-state index in [-0.39, 0.29) is 17.3 Å². The molecule has 1 aromatic heterocycles. The fourth-order valence-corrected chi connectivity index (χ4v) is 2.71. The molecule has 21 heavy (non-hydrogen) atoms. The van der Waals surface area contributed by atoms with Crippen LogP contribution in [0.3, 0.4) is 0 Å². The molecule has 0 saturated carbocycles. The van der Waals surface area contributed by atoms with Gasteiger partial charge in [-0.25, -0.2) is 9.37 Å². The van der Waals surface area contributed by atoms with Crippen LogP contribution in [0.2, 0.25) is 0 Å². The lowest BCUT2D eigenvalue weighted by Crippen LogP contribution is -2.39. The van der Waals surface area contributed by atoms with Crippen molar-refractivity contribution in [3.8, 4) is 0 Å². The van der Waals surface area contributed by atoms with Gasteiger partial charge in [0.1, 0.15) is 0 Å². The molecule has 1 atom stereocenters. The second-order valence-corrected chi connectivity index (χ2v) is 5.51. The number of aromatic nitrogens is 1. The lowest BCUT2D eigenvalue weighted by Gasteiger charge is -2.26. The number of amides is 1. The molecule has 0 bridgehead atoms. The topological polar surface area (TPSA) is 48.5 Å². The monoisotopic (exact) mass is 294 g/mol. The number of carbonyl (C=O) groups excluding carboxylic acids is 1. The summed E-state index contributed by atoms with van der Waals surface area (Å²) in [5, 5.41) is 2.83. The van der Waals surface area contributed by atoms with Crippen molar-refractivity contribution in [3.05, 3.63) is 23.6 Å². The molecule has 2 rings (SSSR count). The number of likely N-dealkylation sites (tertiary alicyclic amines) is 1. The Morgan fingerprint density at radius 1 is 1.62 bits per heavy atom. The zero-order chi connectivity index (χ0) is 15.4. The first kappa shape index (κ1) is 15.7. The minimum Gasteiger partial charge on any atom is -0.368 e. The van der Waals surface area contributed by atoms with Gasteiger partial charge in [0, 0.05) is 32.4 Å². The Balaban J connectivity index is 2.10. The van der Waals surface area contributed by atoms with Crippen molar-refractivity contribution in [3.63, 3.8) is 0 Å². The number of hydrogen-bond donors (Lipinski definition) is 1. The normalized spacial score (nSPS) is 18.8. The Hall–Kier alpha value is -1.69. The van der Waals surface area contributed by atoms with Crippen molar-refractivity contribution in [1.29, 1.82) is 0 Å². The van der Waals surface area contributed by atoms with E-state index in [0.29, 0.717) is 19.1 Å². The van der Waals surface area contributed by atoms with E-state index < -0.39 is 5.82 Å². The summed E-state index contributed by atoms with van der Waals surface area (Å²) in [7, 11) is 3.79. The van der Waals surface area contributed by atoms with Crippen molar-refractivity contribution in [1.82, 2.24) is 14.8 Å². The van der Waals surface area contributed by atoms with Crippen LogP contribution in [0.5, 0.6) is 0 Å². The Morgan fingerprint density at radius 2 is 2.38 bits per heavy atom. The van der Waals surface area contributed by atoms with Gasteiger partial charge in [-0.1, -0.05) is 0 Å². The molecule has 1 aliphatic heterocycles. The van der Waals surface area contributed by atoms with Gasteiger partial charge in [-0.2, -0.15) is 0 Å². The smallest absolute Gasteiger partial charge is 0.256 e. The van der Waals surface area contributed by atoms with E-state index in [4.69, 9.17) is 0 Å². The minimum absolute atomic E-state index is 0.0732. The molecule has 0 spiro atoms. The number of anilines is 1. The van der Waals surface area contributed by atoms with Crippen LogP contribution in [0, 0.1) is 5.82 Å². The minimum atomic E-state index is -0.573. The molecule has 1 amide bonds. The number of pyridine rings is 1. The molecule has 1 aromatic rings. The summed E-state index contributed by atoms with van der Waals surface area (Å²) in [4.78, 5) is 20.2. The van der Waals surface area contributed by atoms with Gasteiger partial charge in [0.25, 0.3) is 5.91 Å². The maximum atomic E-state index is 14.3. The highest BCUT2D eigenvalue weighted by Gasteiger charge is 2.26. The summed E-state index contributed by atoms with van der Waals surface area (Å²) in [6.07, 6.45) is 3.69. The lowest BCUT2D eigenvalue weighted by molar-refractivity contribution is 0.0757.